The second-order valence-electron chi connectivity index (χ2n) is 5.10. The predicted octanol–water partition coefficient (Wildman–Crippen LogP) is 3.04. The average Bonchev–Trinajstić information content (AvgIpc) is 3.04. The number of para-hydroxylation sites is 1. The summed E-state index contributed by atoms with van der Waals surface area (Å²) in [4.78, 5) is 17.3. The molecule has 0 spiro atoms. The highest BCUT2D eigenvalue weighted by Crippen LogP contribution is 2.22. The van der Waals surface area contributed by atoms with Gasteiger partial charge in [-0.2, -0.15) is 0 Å². The fourth-order valence-electron chi connectivity index (χ4n) is 2.29. The average molecular weight is 330 g/mol. The first-order valence-corrected chi connectivity index (χ1v) is 8.65. The van der Waals surface area contributed by atoms with Crippen molar-refractivity contribution in [2.45, 2.75) is 44.1 Å². The van der Waals surface area contributed by atoms with Gasteiger partial charge in [0.2, 0.25) is 11.8 Å². The lowest BCUT2D eigenvalue weighted by molar-refractivity contribution is 0.469. The van der Waals surface area contributed by atoms with Gasteiger partial charge in [-0.1, -0.05) is 37.7 Å². The highest BCUT2D eigenvalue weighted by molar-refractivity contribution is 7.98. The SMILES string of the molecule is CCCn1c(SCc2nnc(CC)o2)nc2ccccc2c1=O. The van der Waals surface area contributed by atoms with Crippen molar-refractivity contribution in [3.63, 3.8) is 0 Å². The number of aryl methyl sites for hydroxylation is 1. The van der Waals surface area contributed by atoms with E-state index >= 15 is 0 Å². The molecule has 2 aromatic heterocycles. The number of rotatable bonds is 6. The van der Waals surface area contributed by atoms with Gasteiger partial charge < -0.3 is 4.42 Å². The van der Waals surface area contributed by atoms with E-state index in [2.05, 4.69) is 15.2 Å². The Bertz CT molecular complexity index is 872. The zero-order valence-electron chi connectivity index (χ0n) is 13.2. The third-order valence-electron chi connectivity index (χ3n) is 3.41. The molecule has 6 nitrogen and oxygen atoms in total. The Morgan fingerprint density at radius 3 is 2.70 bits per heavy atom. The fraction of sp³-hybridized carbons (Fsp3) is 0.375. The van der Waals surface area contributed by atoms with Crippen molar-refractivity contribution in [1.29, 1.82) is 0 Å². The van der Waals surface area contributed by atoms with Gasteiger partial charge >= 0.3 is 0 Å². The monoisotopic (exact) mass is 330 g/mol. The van der Waals surface area contributed by atoms with Crippen molar-refractivity contribution >= 4 is 22.7 Å². The maximum absolute atomic E-state index is 12.7. The smallest absolute Gasteiger partial charge is 0.262 e. The van der Waals surface area contributed by atoms with Crippen molar-refractivity contribution < 1.29 is 4.42 Å². The first kappa shape index (κ1) is 15.7. The fourth-order valence-corrected chi connectivity index (χ4v) is 3.16. The van der Waals surface area contributed by atoms with Gasteiger partial charge in [-0.05, 0) is 18.6 Å². The number of fused-ring (bicyclic) bond motifs is 1. The Morgan fingerprint density at radius 2 is 1.96 bits per heavy atom. The largest absolute Gasteiger partial charge is 0.424 e. The van der Waals surface area contributed by atoms with Crippen molar-refractivity contribution in [1.82, 2.24) is 19.7 Å². The summed E-state index contributed by atoms with van der Waals surface area (Å²) >= 11 is 1.45. The van der Waals surface area contributed by atoms with E-state index in [1.807, 2.05) is 38.1 Å². The second-order valence-corrected chi connectivity index (χ2v) is 6.04. The normalized spacial score (nSPS) is 11.2. The number of benzene rings is 1. The summed E-state index contributed by atoms with van der Waals surface area (Å²) < 4.78 is 7.24. The van der Waals surface area contributed by atoms with Crippen LogP contribution in [0.4, 0.5) is 0 Å². The molecular weight excluding hydrogens is 312 g/mol. The minimum absolute atomic E-state index is 0.000253. The van der Waals surface area contributed by atoms with E-state index in [4.69, 9.17) is 4.42 Å². The molecule has 0 N–H and O–H groups in total. The van der Waals surface area contributed by atoms with Crippen LogP contribution in [0, 0.1) is 0 Å². The molecule has 1 aromatic carbocycles. The second kappa shape index (κ2) is 6.95. The molecule has 0 aliphatic carbocycles. The van der Waals surface area contributed by atoms with Gasteiger partial charge in [-0.15, -0.1) is 10.2 Å². The number of thioether (sulfide) groups is 1. The summed E-state index contributed by atoms with van der Waals surface area (Å²) in [7, 11) is 0. The van der Waals surface area contributed by atoms with E-state index in [0.717, 1.165) is 6.42 Å². The molecule has 0 unspecified atom stereocenters. The molecule has 7 heteroatoms. The van der Waals surface area contributed by atoms with Crippen LogP contribution in [0.15, 0.2) is 38.6 Å². The lowest BCUT2D eigenvalue weighted by Crippen LogP contribution is -2.23. The summed E-state index contributed by atoms with van der Waals surface area (Å²) in [5, 5.41) is 9.30. The Balaban J connectivity index is 1.94. The topological polar surface area (TPSA) is 73.8 Å². The minimum Gasteiger partial charge on any atom is -0.424 e. The van der Waals surface area contributed by atoms with Gasteiger partial charge in [0.05, 0.1) is 16.7 Å². The highest BCUT2D eigenvalue weighted by atomic mass is 32.2. The highest BCUT2D eigenvalue weighted by Gasteiger charge is 2.13. The molecule has 0 fully saturated rings. The summed E-state index contributed by atoms with van der Waals surface area (Å²) in [6, 6.07) is 7.42. The molecule has 3 aromatic rings. The third kappa shape index (κ3) is 3.29. The molecule has 0 atom stereocenters. The predicted molar refractivity (Wildman–Crippen MR) is 89.5 cm³/mol. The van der Waals surface area contributed by atoms with E-state index in [1.54, 1.807) is 4.57 Å². The van der Waals surface area contributed by atoms with Gasteiger partial charge in [-0.25, -0.2) is 4.98 Å². The Hall–Kier alpha value is -2.15. The van der Waals surface area contributed by atoms with E-state index in [-0.39, 0.29) is 5.56 Å². The molecule has 0 radical (unpaired) electrons. The lowest BCUT2D eigenvalue weighted by Gasteiger charge is -2.11. The third-order valence-corrected chi connectivity index (χ3v) is 4.37. The number of hydrogen-bond acceptors (Lipinski definition) is 6. The van der Waals surface area contributed by atoms with Crippen molar-refractivity contribution in [2.24, 2.45) is 0 Å². The molecule has 0 saturated carbocycles. The summed E-state index contributed by atoms with van der Waals surface area (Å²) in [6.45, 7) is 4.65. The quantitative estimate of drug-likeness (QED) is 0.511. The molecule has 0 amide bonds. The zero-order valence-corrected chi connectivity index (χ0v) is 14.0. The first-order chi connectivity index (χ1) is 11.2. The molecular formula is C16H18N4O2S. The van der Waals surface area contributed by atoms with Gasteiger partial charge in [0.25, 0.3) is 5.56 Å². The Kier molecular flexibility index (Phi) is 4.76. The maximum atomic E-state index is 12.7. The van der Waals surface area contributed by atoms with Crippen LogP contribution in [0.1, 0.15) is 32.0 Å². The molecule has 120 valence electrons. The van der Waals surface area contributed by atoms with Crippen LogP contribution in [0.3, 0.4) is 0 Å². The van der Waals surface area contributed by atoms with Gasteiger partial charge in [-0.3, -0.25) is 9.36 Å². The van der Waals surface area contributed by atoms with E-state index in [9.17, 15) is 4.79 Å². The molecule has 2 heterocycles. The van der Waals surface area contributed by atoms with Gasteiger partial charge in [0.15, 0.2) is 5.16 Å². The summed E-state index contributed by atoms with van der Waals surface area (Å²) in [5.41, 5.74) is 0.715. The molecule has 0 saturated heterocycles. The Labute approximate surface area is 137 Å². The van der Waals surface area contributed by atoms with E-state index in [1.165, 1.54) is 11.8 Å². The van der Waals surface area contributed by atoms with Crippen LogP contribution < -0.4 is 5.56 Å². The van der Waals surface area contributed by atoms with Crippen molar-refractivity contribution in [2.75, 3.05) is 0 Å². The number of nitrogens with zero attached hydrogens (tertiary/aromatic N) is 4. The van der Waals surface area contributed by atoms with Crippen LogP contribution >= 0.6 is 11.8 Å². The van der Waals surface area contributed by atoms with Crippen LogP contribution in [-0.4, -0.2) is 19.7 Å². The van der Waals surface area contributed by atoms with Crippen molar-refractivity contribution in [3.05, 3.63) is 46.4 Å². The zero-order chi connectivity index (χ0) is 16.2. The van der Waals surface area contributed by atoms with Crippen molar-refractivity contribution in [3.8, 4) is 0 Å². The first-order valence-electron chi connectivity index (χ1n) is 7.66. The summed E-state index contributed by atoms with van der Waals surface area (Å²) in [5.74, 6) is 1.68. The number of aromatic nitrogens is 4. The van der Waals surface area contributed by atoms with Crippen LogP contribution in [0.2, 0.25) is 0 Å². The standard InChI is InChI=1S/C16H18N4O2S/c1-3-9-20-15(21)11-7-5-6-8-12(11)17-16(20)23-10-14-19-18-13(4-2)22-14/h5-8H,3-4,9-10H2,1-2H3. The lowest BCUT2D eigenvalue weighted by atomic mass is 10.2. The van der Waals surface area contributed by atoms with Crippen LogP contribution in [-0.2, 0) is 18.7 Å². The molecule has 0 aliphatic rings. The van der Waals surface area contributed by atoms with E-state index in [0.29, 0.717) is 46.6 Å². The molecule has 0 aliphatic heterocycles. The molecule has 0 bridgehead atoms. The molecule has 3 rings (SSSR count). The van der Waals surface area contributed by atoms with Crippen LogP contribution in [0.5, 0.6) is 0 Å². The van der Waals surface area contributed by atoms with E-state index < -0.39 is 0 Å². The number of hydrogen-bond donors (Lipinski definition) is 0. The van der Waals surface area contributed by atoms with Gasteiger partial charge in [0.1, 0.15) is 0 Å². The Morgan fingerprint density at radius 1 is 1.17 bits per heavy atom. The van der Waals surface area contributed by atoms with Crippen LogP contribution in [0.25, 0.3) is 10.9 Å². The minimum atomic E-state index is -0.000253. The van der Waals surface area contributed by atoms with Gasteiger partial charge in [0, 0.05) is 13.0 Å². The maximum Gasteiger partial charge on any atom is 0.262 e. The molecule has 23 heavy (non-hydrogen) atoms. The summed E-state index contributed by atoms with van der Waals surface area (Å²) in [6.07, 6.45) is 1.58.